The van der Waals surface area contributed by atoms with E-state index in [2.05, 4.69) is 4.98 Å². The molecule has 1 aromatic rings. The molecule has 0 unspecified atom stereocenters. The highest BCUT2D eigenvalue weighted by molar-refractivity contribution is 5.71. The summed E-state index contributed by atoms with van der Waals surface area (Å²) < 4.78 is 11.0. The van der Waals surface area contributed by atoms with Crippen LogP contribution in [0.15, 0.2) is 18.7 Å². The summed E-state index contributed by atoms with van der Waals surface area (Å²) in [7, 11) is 0. The van der Waals surface area contributed by atoms with Crippen LogP contribution in [-0.2, 0) is 9.47 Å². The molecule has 0 aliphatic carbocycles. The summed E-state index contributed by atoms with van der Waals surface area (Å²) in [4.78, 5) is 15.1. The van der Waals surface area contributed by atoms with Gasteiger partial charge < -0.3 is 9.47 Å². The fourth-order valence-electron chi connectivity index (χ4n) is 1.02. The highest BCUT2D eigenvalue weighted by Gasteiger charge is 2.43. The molecule has 0 atom stereocenters. The highest BCUT2D eigenvalue weighted by atomic mass is 16.6. The largest absolute Gasteiger partial charge is 0.422 e. The van der Waals surface area contributed by atoms with Crippen LogP contribution in [0.5, 0.6) is 0 Å². The zero-order chi connectivity index (χ0) is 10.0. The first-order valence-electron chi connectivity index (χ1n) is 3.96. The average molecular weight is 193 g/mol. The molecule has 72 valence electrons. The molecule has 0 radical (unpaired) electrons. The Kier molecular flexibility index (Phi) is 1.94. The molecule has 6 heteroatoms. The minimum atomic E-state index is -1.11. The van der Waals surface area contributed by atoms with Crippen molar-refractivity contribution >= 4 is 6.09 Å². The zero-order valence-corrected chi connectivity index (χ0v) is 7.21. The molecule has 0 saturated carbocycles. The van der Waals surface area contributed by atoms with Crippen molar-refractivity contribution in [1.29, 1.82) is 5.26 Å². The number of hydrogen-bond donors (Lipinski definition) is 0. The molecule has 6 nitrogen and oxygen atoms in total. The lowest BCUT2D eigenvalue weighted by atomic mass is 10.1. The van der Waals surface area contributed by atoms with Gasteiger partial charge in [0.25, 0.3) is 0 Å². The fraction of sp³-hybridized carbons (Fsp3) is 0.375. The van der Waals surface area contributed by atoms with Crippen molar-refractivity contribution < 1.29 is 14.3 Å². The van der Waals surface area contributed by atoms with Gasteiger partial charge in [-0.05, 0) is 0 Å². The minimum absolute atomic E-state index is 0.129. The molecule has 1 fully saturated rings. The van der Waals surface area contributed by atoms with E-state index in [1.54, 1.807) is 0 Å². The summed E-state index contributed by atoms with van der Waals surface area (Å²) >= 11 is 0. The molecule has 1 saturated heterocycles. The third kappa shape index (κ3) is 1.34. The summed E-state index contributed by atoms with van der Waals surface area (Å²) in [6.07, 6.45) is 3.60. The molecule has 1 aliphatic rings. The number of nitrogens with zero attached hydrogens (tertiary/aromatic N) is 3. The molecule has 0 aromatic carbocycles. The number of imidazole rings is 1. The standard InChI is InChI=1S/C8H7N3O3/c9-3-8(4-13-5-8)14-7(12)11-2-1-10-6-11/h1-2,6H,4-5H2. The Morgan fingerprint density at radius 2 is 2.50 bits per heavy atom. The Labute approximate surface area is 79.7 Å². The fourth-order valence-corrected chi connectivity index (χ4v) is 1.02. The number of aromatic nitrogens is 2. The zero-order valence-electron chi connectivity index (χ0n) is 7.21. The van der Waals surface area contributed by atoms with Gasteiger partial charge in [-0.25, -0.2) is 14.3 Å². The number of nitriles is 1. The second kappa shape index (κ2) is 3.12. The predicted molar refractivity (Wildman–Crippen MR) is 43.3 cm³/mol. The van der Waals surface area contributed by atoms with Crippen LogP contribution in [0.4, 0.5) is 4.79 Å². The van der Waals surface area contributed by atoms with E-state index in [1.165, 1.54) is 18.7 Å². The molecule has 1 aromatic heterocycles. The van der Waals surface area contributed by atoms with Crippen molar-refractivity contribution in [1.82, 2.24) is 9.55 Å². The second-order valence-electron chi connectivity index (χ2n) is 2.94. The van der Waals surface area contributed by atoms with Crippen molar-refractivity contribution in [2.24, 2.45) is 0 Å². The quantitative estimate of drug-likeness (QED) is 0.634. The van der Waals surface area contributed by atoms with Crippen molar-refractivity contribution in [2.75, 3.05) is 13.2 Å². The summed E-state index contributed by atoms with van der Waals surface area (Å²) in [6, 6.07) is 1.91. The summed E-state index contributed by atoms with van der Waals surface area (Å²) in [5, 5.41) is 8.75. The molecule has 0 spiro atoms. The molecular formula is C8H7N3O3. The number of ether oxygens (including phenoxy) is 2. The SMILES string of the molecule is N#CC1(OC(=O)n2ccnc2)COC1. The van der Waals surface area contributed by atoms with Crippen molar-refractivity contribution in [3.05, 3.63) is 18.7 Å². The van der Waals surface area contributed by atoms with Crippen LogP contribution in [-0.4, -0.2) is 34.5 Å². The maximum atomic E-state index is 11.4. The maximum Gasteiger partial charge on any atom is 0.421 e. The van der Waals surface area contributed by atoms with E-state index in [4.69, 9.17) is 14.7 Å². The lowest BCUT2D eigenvalue weighted by Crippen LogP contribution is -2.52. The predicted octanol–water partition coefficient (Wildman–Crippen LogP) is 0.160. The molecule has 14 heavy (non-hydrogen) atoms. The Morgan fingerprint density at radius 1 is 1.71 bits per heavy atom. The van der Waals surface area contributed by atoms with Crippen LogP contribution in [0.2, 0.25) is 0 Å². The van der Waals surface area contributed by atoms with E-state index in [0.29, 0.717) is 0 Å². The van der Waals surface area contributed by atoms with E-state index < -0.39 is 11.7 Å². The molecule has 2 heterocycles. The molecule has 0 amide bonds. The van der Waals surface area contributed by atoms with E-state index in [0.717, 1.165) is 4.57 Å². The number of hydrogen-bond acceptors (Lipinski definition) is 5. The van der Waals surface area contributed by atoms with Gasteiger partial charge in [-0.15, -0.1) is 0 Å². The van der Waals surface area contributed by atoms with Crippen LogP contribution in [0, 0.1) is 11.3 Å². The van der Waals surface area contributed by atoms with Crippen molar-refractivity contribution in [2.45, 2.75) is 5.60 Å². The van der Waals surface area contributed by atoms with Gasteiger partial charge >= 0.3 is 6.09 Å². The molecule has 1 aliphatic heterocycles. The van der Waals surface area contributed by atoms with E-state index in [-0.39, 0.29) is 13.2 Å². The summed E-state index contributed by atoms with van der Waals surface area (Å²) in [5.41, 5.74) is -1.11. The Bertz CT molecular complexity index is 375. The third-order valence-electron chi connectivity index (χ3n) is 1.87. The smallest absolute Gasteiger partial charge is 0.421 e. The van der Waals surface area contributed by atoms with Crippen LogP contribution >= 0.6 is 0 Å². The second-order valence-corrected chi connectivity index (χ2v) is 2.94. The van der Waals surface area contributed by atoms with Gasteiger partial charge in [0.2, 0.25) is 5.60 Å². The van der Waals surface area contributed by atoms with Crippen LogP contribution < -0.4 is 0 Å². The van der Waals surface area contributed by atoms with Crippen LogP contribution in [0.3, 0.4) is 0 Å². The molecule has 0 bridgehead atoms. The topological polar surface area (TPSA) is 77.1 Å². The average Bonchev–Trinajstić information content (AvgIpc) is 2.63. The van der Waals surface area contributed by atoms with Gasteiger partial charge in [-0.2, -0.15) is 5.26 Å². The lowest BCUT2D eigenvalue weighted by molar-refractivity contribution is -0.143. The summed E-state index contributed by atoms with van der Waals surface area (Å²) in [5.74, 6) is 0. The van der Waals surface area contributed by atoms with Gasteiger partial charge in [0.1, 0.15) is 25.6 Å². The van der Waals surface area contributed by atoms with Gasteiger partial charge in [0, 0.05) is 12.4 Å². The lowest BCUT2D eigenvalue weighted by Gasteiger charge is -2.33. The van der Waals surface area contributed by atoms with Gasteiger partial charge in [-0.1, -0.05) is 0 Å². The van der Waals surface area contributed by atoms with Gasteiger partial charge in [0.15, 0.2) is 0 Å². The first-order chi connectivity index (χ1) is 6.76. The Balaban J connectivity index is 2.05. The first kappa shape index (κ1) is 8.72. The Hall–Kier alpha value is -1.87. The minimum Gasteiger partial charge on any atom is -0.422 e. The van der Waals surface area contributed by atoms with E-state index >= 15 is 0 Å². The van der Waals surface area contributed by atoms with Crippen molar-refractivity contribution in [3.8, 4) is 6.07 Å². The number of carbonyl (C=O) groups excluding carboxylic acids is 1. The molecule has 0 N–H and O–H groups in total. The highest BCUT2D eigenvalue weighted by Crippen LogP contribution is 2.21. The van der Waals surface area contributed by atoms with E-state index in [9.17, 15) is 4.79 Å². The Morgan fingerprint density at radius 3 is 2.93 bits per heavy atom. The van der Waals surface area contributed by atoms with Crippen LogP contribution in [0.25, 0.3) is 0 Å². The van der Waals surface area contributed by atoms with Crippen molar-refractivity contribution in [3.63, 3.8) is 0 Å². The number of carbonyl (C=O) groups is 1. The van der Waals surface area contributed by atoms with Crippen LogP contribution in [0.1, 0.15) is 0 Å². The van der Waals surface area contributed by atoms with Gasteiger partial charge in [-0.3, -0.25) is 0 Å². The first-order valence-corrected chi connectivity index (χ1v) is 3.96. The van der Waals surface area contributed by atoms with E-state index in [1.807, 2.05) is 6.07 Å². The summed E-state index contributed by atoms with van der Waals surface area (Å²) in [6.45, 7) is 0.258. The third-order valence-corrected chi connectivity index (χ3v) is 1.87. The molecular weight excluding hydrogens is 186 g/mol. The molecule has 2 rings (SSSR count). The monoisotopic (exact) mass is 193 g/mol. The van der Waals surface area contributed by atoms with Gasteiger partial charge in [0.05, 0.1) is 0 Å². The number of rotatable bonds is 1. The maximum absolute atomic E-state index is 11.4. The normalized spacial score (nSPS) is 17.9.